The Labute approximate surface area is 152 Å². The summed E-state index contributed by atoms with van der Waals surface area (Å²) >= 11 is 0. The highest BCUT2D eigenvalue weighted by atomic mass is 16.2. The van der Waals surface area contributed by atoms with Crippen molar-refractivity contribution >= 4 is 17.6 Å². The van der Waals surface area contributed by atoms with Crippen molar-refractivity contribution in [3.63, 3.8) is 0 Å². The van der Waals surface area contributed by atoms with Gasteiger partial charge in [-0.05, 0) is 43.9 Å². The highest BCUT2D eigenvalue weighted by molar-refractivity contribution is 5.94. The van der Waals surface area contributed by atoms with Crippen LogP contribution >= 0.6 is 0 Å². The van der Waals surface area contributed by atoms with Gasteiger partial charge in [-0.1, -0.05) is 0 Å². The van der Waals surface area contributed by atoms with Crippen LogP contribution in [0.5, 0.6) is 0 Å². The predicted molar refractivity (Wildman–Crippen MR) is 97.4 cm³/mol. The van der Waals surface area contributed by atoms with Gasteiger partial charge in [-0.25, -0.2) is 4.98 Å². The van der Waals surface area contributed by atoms with Crippen LogP contribution in [0, 0.1) is 0 Å². The molecule has 1 fully saturated rings. The van der Waals surface area contributed by atoms with E-state index in [0.717, 1.165) is 38.8 Å². The standard InChI is InChI=1S/C18H24N6O2/c19-16(25)13-21-17-6-5-14(12-20-17)18(26)24-10-2-1-4-15(24)7-11-23-9-3-8-22-23/h3,5-6,8-9,12,15H,1-2,4,7,10-11,13H2,(H2,19,25)(H,20,21)/t15-/m0/s1. The second-order valence-electron chi connectivity index (χ2n) is 6.46. The van der Waals surface area contributed by atoms with Crippen molar-refractivity contribution in [2.24, 2.45) is 5.73 Å². The van der Waals surface area contributed by atoms with Crippen molar-refractivity contribution in [1.82, 2.24) is 19.7 Å². The molecule has 0 spiro atoms. The van der Waals surface area contributed by atoms with Gasteiger partial charge in [-0.2, -0.15) is 5.10 Å². The van der Waals surface area contributed by atoms with Crippen LogP contribution in [-0.4, -0.2) is 50.6 Å². The molecule has 1 atom stereocenters. The second kappa shape index (κ2) is 8.46. The summed E-state index contributed by atoms with van der Waals surface area (Å²) in [6.45, 7) is 1.59. The normalized spacial score (nSPS) is 17.1. The third kappa shape index (κ3) is 4.59. The van der Waals surface area contributed by atoms with Gasteiger partial charge in [0.1, 0.15) is 5.82 Å². The van der Waals surface area contributed by atoms with Crippen molar-refractivity contribution in [3.05, 3.63) is 42.4 Å². The Morgan fingerprint density at radius 2 is 2.19 bits per heavy atom. The number of nitrogens with zero attached hydrogens (tertiary/aromatic N) is 4. The quantitative estimate of drug-likeness (QED) is 0.777. The van der Waals surface area contributed by atoms with Crippen LogP contribution in [0.1, 0.15) is 36.0 Å². The Balaban J connectivity index is 1.62. The number of aromatic nitrogens is 3. The molecule has 0 aromatic carbocycles. The maximum atomic E-state index is 12.9. The number of piperidine rings is 1. The zero-order chi connectivity index (χ0) is 18.4. The van der Waals surface area contributed by atoms with E-state index in [9.17, 15) is 9.59 Å². The minimum Gasteiger partial charge on any atom is -0.368 e. The molecule has 0 radical (unpaired) electrons. The van der Waals surface area contributed by atoms with E-state index in [4.69, 9.17) is 5.73 Å². The molecule has 1 aliphatic rings. The van der Waals surface area contributed by atoms with Crippen molar-refractivity contribution < 1.29 is 9.59 Å². The monoisotopic (exact) mass is 356 g/mol. The largest absolute Gasteiger partial charge is 0.368 e. The number of anilines is 1. The summed E-state index contributed by atoms with van der Waals surface area (Å²) in [5.41, 5.74) is 5.65. The Kier molecular flexibility index (Phi) is 5.83. The van der Waals surface area contributed by atoms with E-state index in [-0.39, 0.29) is 18.5 Å². The lowest BCUT2D eigenvalue weighted by atomic mass is 9.98. The summed E-state index contributed by atoms with van der Waals surface area (Å²) in [5, 5.41) is 7.05. The van der Waals surface area contributed by atoms with Crippen molar-refractivity contribution in [1.29, 1.82) is 0 Å². The maximum absolute atomic E-state index is 12.9. The van der Waals surface area contributed by atoms with Gasteiger partial charge < -0.3 is 16.0 Å². The summed E-state index contributed by atoms with van der Waals surface area (Å²) in [5.74, 6) is 0.0682. The lowest BCUT2D eigenvalue weighted by Gasteiger charge is -2.36. The number of carbonyl (C=O) groups is 2. The SMILES string of the molecule is NC(=O)CNc1ccc(C(=O)N2CCCC[C@H]2CCn2cccn2)cn1. The van der Waals surface area contributed by atoms with Gasteiger partial charge >= 0.3 is 0 Å². The molecule has 3 heterocycles. The molecule has 26 heavy (non-hydrogen) atoms. The number of hydrogen-bond acceptors (Lipinski definition) is 5. The fourth-order valence-electron chi connectivity index (χ4n) is 3.25. The smallest absolute Gasteiger partial charge is 0.255 e. The van der Waals surface area contributed by atoms with Gasteiger partial charge in [0.15, 0.2) is 0 Å². The van der Waals surface area contributed by atoms with E-state index in [1.807, 2.05) is 21.8 Å². The van der Waals surface area contributed by atoms with Gasteiger partial charge in [0.2, 0.25) is 5.91 Å². The van der Waals surface area contributed by atoms with E-state index in [2.05, 4.69) is 15.4 Å². The van der Waals surface area contributed by atoms with Gasteiger partial charge in [-0.3, -0.25) is 14.3 Å². The summed E-state index contributed by atoms with van der Waals surface area (Å²) in [7, 11) is 0. The number of nitrogens with one attached hydrogen (secondary N) is 1. The number of aryl methyl sites for hydroxylation is 1. The molecular formula is C18H24N6O2. The van der Waals surface area contributed by atoms with E-state index in [1.54, 1.807) is 24.5 Å². The summed E-state index contributed by atoms with van der Waals surface area (Å²) < 4.78 is 1.90. The molecule has 8 heteroatoms. The van der Waals surface area contributed by atoms with Gasteiger partial charge in [-0.15, -0.1) is 0 Å². The number of likely N-dealkylation sites (tertiary alicyclic amines) is 1. The number of primary amides is 1. The number of hydrogen-bond donors (Lipinski definition) is 2. The first-order chi connectivity index (χ1) is 12.6. The van der Waals surface area contributed by atoms with Crippen LogP contribution in [0.15, 0.2) is 36.8 Å². The second-order valence-corrected chi connectivity index (χ2v) is 6.46. The third-order valence-electron chi connectivity index (χ3n) is 4.59. The van der Waals surface area contributed by atoms with Gasteiger partial charge in [0.05, 0.1) is 12.1 Å². The topological polar surface area (TPSA) is 106 Å². The zero-order valence-corrected chi connectivity index (χ0v) is 14.7. The first-order valence-corrected chi connectivity index (χ1v) is 8.90. The van der Waals surface area contributed by atoms with Crippen LogP contribution < -0.4 is 11.1 Å². The molecule has 2 aromatic heterocycles. The molecule has 1 aliphatic heterocycles. The maximum Gasteiger partial charge on any atom is 0.255 e. The minimum absolute atomic E-state index is 0.00381. The molecule has 1 saturated heterocycles. The first kappa shape index (κ1) is 17.9. The van der Waals surface area contributed by atoms with E-state index in [1.165, 1.54) is 0 Å². The molecule has 0 aliphatic carbocycles. The molecule has 2 aromatic rings. The predicted octanol–water partition coefficient (Wildman–Crippen LogP) is 1.26. The van der Waals surface area contributed by atoms with E-state index in [0.29, 0.717) is 11.4 Å². The number of rotatable bonds is 7. The first-order valence-electron chi connectivity index (χ1n) is 8.90. The van der Waals surface area contributed by atoms with Crippen molar-refractivity contribution in [2.75, 3.05) is 18.4 Å². The summed E-state index contributed by atoms with van der Waals surface area (Å²) in [4.78, 5) is 29.9. The molecule has 0 saturated carbocycles. The zero-order valence-electron chi connectivity index (χ0n) is 14.7. The molecule has 2 amide bonds. The summed E-state index contributed by atoms with van der Waals surface area (Å²) in [6.07, 6.45) is 9.32. The fourth-order valence-corrected chi connectivity index (χ4v) is 3.25. The van der Waals surface area contributed by atoms with Crippen molar-refractivity contribution in [3.8, 4) is 0 Å². The van der Waals surface area contributed by atoms with E-state index < -0.39 is 5.91 Å². The highest BCUT2D eigenvalue weighted by Gasteiger charge is 2.27. The number of nitrogens with two attached hydrogens (primary N) is 1. The molecule has 3 N–H and O–H groups in total. The Bertz CT molecular complexity index is 729. The summed E-state index contributed by atoms with van der Waals surface area (Å²) in [6, 6.07) is 5.55. The van der Waals surface area contributed by atoms with Crippen LogP contribution in [0.3, 0.4) is 0 Å². The molecule has 0 bridgehead atoms. The van der Waals surface area contributed by atoms with Crippen LogP contribution in [0.25, 0.3) is 0 Å². The number of carbonyl (C=O) groups excluding carboxylic acids is 2. The van der Waals surface area contributed by atoms with Gasteiger partial charge in [0, 0.05) is 37.7 Å². The molecule has 0 unspecified atom stereocenters. The van der Waals surface area contributed by atoms with Crippen molar-refractivity contribution in [2.45, 2.75) is 38.3 Å². The average molecular weight is 356 g/mol. The minimum atomic E-state index is -0.458. The third-order valence-corrected chi connectivity index (χ3v) is 4.59. The Morgan fingerprint density at radius 3 is 2.88 bits per heavy atom. The fraction of sp³-hybridized carbons (Fsp3) is 0.444. The lowest BCUT2D eigenvalue weighted by molar-refractivity contribution is -0.116. The Morgan fingerprint density at radius 1 is 1.31 bits per heavy atom. The highest BCUT2D eigenvalue weighted by Crippen LogP contribution is 2.22. The molecule has 3 rings (SSSR count). The molecule has 8 nitrogen and oxygen atoms in total. The average Bonchev–Trinajstić information content (AvgIpc) is 3.18. The number of amides is 2. The van der Waals surface area contributed by atoms with Crippen LogP contribution in [-0.2, 0) is 11.3 Å². The van der Waals surface area contributed by atoms with Crippen LogP contribution in [0.2, 0.25) is 0 Å². The van der Waals surface area contributed by atoms with Crippen LogP contribution in [0.4, 0.5) is 5.82 Å². The Hall–Kier alpha value is -2.90. The number of pyridine rings is 1. The lowest BCUT2D eigenvalue weighted by Crippen LogP contribution is -2.44. The van der Waals surface area contributed by atoms with Gasteiger partial charge in [0.25, 0.3) is 5.91 Å². The van der Waals surface area contributed by atoms with E-state index >= 15 is 0 Å². The molecule has 138 valence electrons. The molecular weight excluding hydrogens is 332 g/mol.